The van der Waals surface area contributed by atoms with Crippen molar-refractivity contribution in [3.05, 3.63) is 125 Å². The highest BCUT2D eigenvalue weighted by Crippen LogP contribution is 2.21. The minimum atomic E-state index is -1.02. The van der Waals surface area contributed by atoms with Gasteiger partial charge in [-0.15, -0.1) is 0 Å². The normalized spacial score (nSPS) is 10.7. The number of hydrogen-bond donors (Lipinski definition) is 2. The van der Waals surface area contributed by atoms with Gasteiger partial charge in [0.15, 0.2) is 0 Å². The van der Waals surface area contributed by atoms with E-state index < -0.39 is 23.9 Å². The van der Waals surface area contributed by atoms with E-state index in [1.54, 1.807) is 30.3 Å². The number of benzene rings is 2. The van der Waals surface area contributed by atoms with Crippen LogP contribution < -0.4 is 22.2 Å². The monoisotopic (exact) mass is 922 g/mol. The van der Waals surface area contributed by atoms with E-state index in [9.17, 15) is 38.4 Å². The molecule has 62 heavy (non-hydrogen) atoms. The number of carbonyl (C=O) groups excluding carboxylic acids is 2. The van der Waals surface area contributed by atoms with Crippen LogP contribution in [-0.2, 0) is 54.8 Å². The Labute approximate surface area is 366 Å². The summed E-state index contributed by atoms with van der Waals surface area (Å²) in [5.74, 6) is -2.88. The molecule has 0 fully saturated rings. The molecule has 18 nitrogen and oxygen atoms in total. The lowest BCUT2D eigenvalue weighted by Gasteiger charge is -1.96. The Hall–Kier alpha value is -6.62. The van der Waals surface area contributed by atoms with Crippen LogP contribution in [0.2, 0.25) is 0 Å². The predicted octanol–water partition coefficient (Wildman–Crippen LogP) is 4.79. The number of rotatable bonds is 8. The third kappa shape index (κ3) is 11.0. The van der Waals surface area contributed by atoms with Gasteiger partial charge < -0.3 is 19.7 Å². The molecule has 0 saturated heterocycles. The van der Waals surface area contributed by atoms with Crippen molar-refractivity contribution in [1.82, 2.24) is 25.8 Å². The maximum Gasteiger partial charge on any atom is 0.326 e. The lowest BCUT2D eigenvalue weighted by atomic mass is 10.2. The largest absolute Gasteiger partial charge is 0.480 e. The third-order valence-electron chi connectivity index (χ3n) is 8.56. The zero-order valence-corrected chi connectivity index (χ0v) is 37.2. The lowest BCUT2D eigenvalue weighted by Crippen LogP contribution is -2.19. The van der Waals surface area contributed by atoms with Crippen molar-refractivity contribution in [1.29, 1.82) is 0 Å². The number of carboxylic acid groups (broad SMARTS) is 2. The Morgan fingerprint density at radius 3 is 1.23 bits per heavy atom. The molecule has 0 unspecified atom stereocenters. The number of carboxylic acids is 2. The zero-order chi connectivity index (χ0) is 45.4. The summed E-state index contributed by atoms with van der Waals surface area (Å²) in [6, 6.07) is 18.1. The second-order valence-electron chi connectivity index (χ2n) is 13.2. The number of hydrogen-bond acceptors (Lipinski definition) is 16. The zero-order valence-electron chi connectivity index (χ0n) is 33.9. The first kappa shape index (κ1) is 46.4. The molecule has 0 bridgehead atoms. The number of ether oxygens (including phenoxy) is 2. The minimum Gasteiger partial charge on any atom is -0.480 e. The number of methoxy groups -OCH3 is 2. The molecule has 0 amide bonds. The Balaban J connectivity index is 0.000000156. The fourth-order valence-corrected chi connectivity index (χ4v) is 9.99. The second kappa shape index (κ2) is 20.3. The molecule has 324 valence electrons. The molecule has 6 heterocycles. The maximum atomic E-state index is 12.0. The highest BCUT2D eigenvalue weighted by atomic mass is 32.1. The number of aliphatic carboxylic acids is 2. The molecule has 0 aliphatic carbocycles. The van der Waals surface area contributed by atoms with Gasteiger partial charge in [0.1, 0.15) is 35.8 Å². The molecule has 0 spiro atoms. The lowest BCUT2D eigenvalue weighted by molar-refractivity contribution is -0.142. The first-order chi connectivity index (χ1) is 29.4. The number of nitrogens with zero attached hydrogens (tertiary/aromatic N) is 6. The van der Waals surface area contributed by atoms with Crippen molar-refractivity contribution in [2.24, 2.45) is 0 Å². The molecule has 22 heteroatoms. The van der Waals surface area contributed by atoms with Crippen LogP contribution in [0.3, 0.4) is 0 Å². The molecule has 0 aliphatic rings. The van der Waals surface area contributed by atoms with Crippen molar-refractivity contribution in [3.63, 3.8) is 0 Å². The maximum absolute atomic E-state index is 12.0. The van der Waals surface area contributed by atoms with E-state index in [2.05, 4.69) is 19.4 Å². The van der Waals surface area contributed by atoms with Gasteiger partial charge in [0.2, 0.25) is 0 Å². The number of fused-ring (bicyclic) bond motifs is 4. The number of pyridine rings is 2. The van der Waals surface area contributed by atoms with Crippen LogP contribution in [-0.4, -0.2) is 74.1 Å². The first-order valence-electron chi connectivity index (χ1n) is 18.1. The van der Waals surface area contributed by atoms with E-state index in [0.717, 1.165) is 43.4 Å². The van der Waals surface area contributed by atoms with Crippen molar-refractivity contribution in [3.8, 4) is 0 Å². The topological polar surface area (TPSA) is 241 Å². The molecule has 0 atom stereocenters. The fraction of sp³-hybridized carbons (Fsp3) is 0.250. The van der Waals surface area contributed by atoms with Crippen molar-refractivity contribution >= 4 is 111 Å². The van der Waals surface area contributed by atoms with Gasteiger partial charge in [-0.2, -0.15) is 0 Å². The van der Waals surface area contributed by atoms with Gasteiger partial charge in [-0.3, -0.25) is 54.2 Å². The first-order valence-corrected chi connectivity index (χ1v) is 21.2. The number of aromatic nitrogens is 6. The Morgan fingerprint density at radius 1 is 0.532 bits per heavy atom. The van der Waals surface area contributed by atoms with E-state index in [4.69, 9.17) is 10.2 Å². The van der Waals surface area contributed by atoms with E-state index in [1.807, 2.05) is 58.0 Å². The number of esters is 2. The van der Waals surface area contributed by atoms with Crippen LogP contribution in [0.5, 0.6) is 0 Å². The van der Waals surface area contributed by atoms with Crippen molar-refractivity contribution < 1.29 is 38.9 Å². The van der Waals surface area contributed by atoms with Gasteiger partial charge in [0, 0.05) is 11.4 Å². The molecule has 2 N–H and O–H groups in total. The standard InChI is InChI=1S/C11H12N2O3S.C10H10N2O3S.C10H9NO3S.C9H7NO3S/c1-6-4-7(2)12-10-9(6)11(15)13(17-10)5-8(14)16-3;1-5-3-6(2)11-9-8(5)10(15)12(16-9)4-7(13)14;1-14-9(12)6-11-10(13)7-4-2-3-5-8(7)15-11;11-8(12)5-10-9(13)6-3-1-2-4-7(6)14-10/h4H,5H2,1-3H3;3H,4H2,1-2H3,(H,13,14);2-5H,6H2,1H3;1-4H,5H2,(H,11,12). The molecule has 8 aromatic rings. The van der Waals surface area contributed by atoms with Gasteiger partial charge in [-0.05, 0) is 98.3 Å². The molecular weight excluding hydrogens is 885 g/mol. The molecule has 0 aliphatic heterocycles. The summed E-state index contributed by atoms with van der Waals surface area (Å²) in [4.78, 5) is 100. The highest BCUT2D eigenvalue weighted by molar-refractivity contribution is 7.14. The average molecular weight is 923 g/mol. The van der Waals surface area contributed by atoms with Crippen molar-refractivity contribution in [2.75, 3.05) is 14.2 Å². The van der Waals surface area contributed by atoms with Gasteiger partial charge in [0.05, 0.1) is 45.2 Å². The summed E-state index contributed by atoms with van der Waals surface area (Å²) in [6.45, 7) is 6.77. The SMILES string of the molecule is COC(=O)Cn1sc2ccccc2c1=O.COC(=O)Cn1sc2nc(C)cc(C)c2c1=O.Cc1cc(C)c2c(=O)n(CC(=O)O)sc2n1.O=C(O)Cn1sc2ccccc2c1=O. The van der Waals surface area contributed by atoms with E-state index in [1.165, 1.54) is 64.6 Å². The second-order valence-corrected chi connectivity index (χ2v) is 17.3. The van der Waals surface area contributed by atoms with E-state index in [-0.39, 0.29) is 48.4 Å². The van der Waals surface area contributed by atoms with Crippen LogP contribution in [0.1, 0.15) is 22.5 Å². The summed E-state index contributed by atoms with van der Waals surface area (Å²) >= 11 is 4.73. The van der Waals surface area contributed by atoms with Crippen LogP contribution in [0.15, 0.2) is 79.8 Å². The molecule has 0 saturated carbocycles. The summed E-state index contributed by atoms with van der Waals surface area (Å²) in [5, 5.41) is 19.6. The van der Waals surface area contributed by atoms with Gasteiger partial charge in [-0.25, -0.2) is 9.97 Å². The molecule has 6 aromatic heterocycles. The van der Waals surface area contributed by atoms with Crippen LogP contribution in [0.25, 0.3) is 40.6 Å². The summed E-state index contributed by atoms with van der Waals surface area (Å²) in [6.07, 6.45) is 0. The van der Waals surface area contributed by atoms with Gasteiger partial charge in [0.25, 0.3) is 22.2 Å². The van der Waals surface area contributed by atoms with Crippen LogP contribution >= 0.6 is 46.1 Å². The third-order valence-corrected chi connectivity index (χ3v) is 12.7. The van der Waals surface area contributed by atoms with E-state index in [0.29, 0.717) is 31.2 Å². The number of aryl methyl sites for hydroxylation is 4. The Kier molecular flexibility index (Phi) is 15.2. The molecule has 0 radical (unpaired) electrons. The smallest absolute Gasteiger partial charge is 0.326 e. The van der Waals surface area contributed by atoms with Gasteiger partial charge >= 0.3 is 23.9 Å². The molecular formula is C40H38N6O12S4. The fourth-order valence-electron chi connectivity index (χ4n) is 5.86. The van der Waals surface area contributed by atoms with Gasteiger partial charge in [-0.1, -0.05) is 47.3 Å². The predicted molar refractivity (Wildman–Crippen MR) is 238 cm³/mol. The average Bonchev–Trinajstić information content (AvgIpc) is 3.91. The molecule has 2 aromatic carbocycles. The van der Waals surface area contributed by atoms with Crippen LogP contribution in [0.4, 0.5) is 0 Å². The highest BCUT2D eigenvalue weighted by Gasteiger charge is 2.16. The summed E-state index contributed by atoms with van der Waals surface area (Å²) < 4.78 is 16.0. The van der Waals surface area contributed by atoms with Crippen molar-refractivity contribution in [2.45, 2.75) is 53.9 Å². The minimum absolute atomic E-state index is 0.0192. The molecule has 8 rings (SSSR count). The van der Waals surface area contributed by atoms with Crippen LogP contribution in [0, 0.1) is 27.7 Å². The van der Waals surface area contributed by atoms with E-state index >= 15 is 0 Å². The Bertz CT molecular complexity index is 3220. The Morgan fingerprint density at radius 2 is 0.871 bits per heavy atom. The number of carbonyl (C=O) groups is 4. The quantitative estimate of drug-likeness (QED) is 0.195. The summed E-state index contributed by atoms with van der Waals surface area (Å²) in [5.41, 5.74) is 2.60. The summed E-state index contributed by atoms with van der Waals surface area (Å²) in [7, 11) is 2.61.